The van der Waals surface area contributed by atoms with E-state index in [9.17, 15) is 5.11 Å². The first-order valence-electron chi connectivity index (χ1n) is 4.56. The van der Waals surface area contributed by atoms with E-state index in [1.165, 1.54) is 0 Å². The molecule has 0 aliphatic heterocycles. The first-order chi connectivity index (χ1) is 5.89. The molecule has 1 aromatic heterocycles. The van der Waals surface area contributed by atoms with Crippen LogP contribution in [0.25, 0.3) is 0 Å². The standard InChI is InChI=1S/C10H18N2O/c1-10(2,3)9(13)7-8-5-6-12(4)11-8/h5-6,9,13H,7H2,1-4H3. The second-order valence-corrected chi connectivity index (χ2v) is 4.57. The Bertz CT molecular complexity index is 273. The zero-order valence-electron chi connectivity index (χ0n) is 8.78. The van der Waals surface area contributed by atoms with Crippen LogP contribution in [-0.2, 0) is 13.5 Å². The Hall–Kier alpha value is -0.830. The summed E-state index contributed by atoms with van der Waals surface area (Å²) < 4.78 is 1.75. The number of aromatic nitrogens is 2. The molecule has 0 aliphatic carbocycles. The van der Waals surface area contributed by atoms with Crippen molar-refractivity contribution < 1.29 is 5.11 Å². The minimum absolute atomic E-state index is 0.0719. The van der Waals surface area contributed by atoms with Crippen LogP contribution in [0.2, 0.25) is 0 Å². The Balaban J connectivity index is 2.60. The third-order valence-corrected chi connectivity index (χ3v) is 2.17. The number of hydrogen-bond acceptors (Lipinski definition) is 2. The van der Waals surface area contributed by atoms with Gasteiger partial charge in [-0.3, -0.25) is 4.68 Å². The van der Waals surface area contributed by atoms with Gasteiger partial charge in [-0.05, 0) is 11.5 Å². The summed E-state index contributed by atoms with van der Waals surface area (Å²) in [5.41, 5.74) is 0.877. The second-order valence-electron chi connectivity index (χ2n) is 4.57. The van der Waals surface area contributed by atoms with Crippen LogP contribution in [0.3, 0.4) is 0 Å². The molecule has 1 aromatic rings. The minimum Gasteiger partial charge on any atom is -0.392 e. The fraction of sp³-hybridized carbons (Fsp3) is 0.700. The first kappa shape index (κ1) is 10.3. The number of nitrogens with zero attached hydrogens (tertiary/aromatic N) is 2. The van der Waals surface area contributed by atoms with E-state index < -0.39 is 0 Å². The maximum Gasteiger partial charge on any atom is 0.0650 e. The molecule has 0 spiro atoms. The van der Waals surface area contributed by atoms with Gasteiger partial charge < -0.3 is 5.11 Å². The number of hydrogen-bond donors (Lipinski definition) is 1. The highest BCUT2D eigenvalue weighted by Crippen LogP contribution is 2.21. The number of rotatable bonds is 2. The quantitative estimate of drug-likeness (QED) is 0.750. The average Bonchev–Trinajstić information content (AvgIpc) is 2.33. The summed E-state index contributed by atoms with van der Waals surface area (Å²) >= 11 is 0. The van der Waals surface area contributed by atoms with E-state index in [0.29, 0.717) is 6.42 Å². The molecule has 74 valence electrons. The molecule has 0 saturated heterocycles. The van der Waals surface area contributed by atoms with Crippen molar-refractivity contribution in [3.8, 4) is 0 Å². The molecule has 1 N–H and O–H groups in total. The van der Waals surface area contributed by atoms with Gasteiger partial charge in [-0.2, -0.15) is 5.10 Å². The Morgan fingerprint density at radius 1 is 1.54 bits per heavy atom. The predicted octanol–water partition coefficient (Wildman–Crippen LogP) is 1.37. The molecule has 0 aromatic carbocycles. The van der Waals surface area contributed by atoms with Crippen molar-refractivity contribution in [1.29, 1.82) is 0 Å². The van der Waals surface area contributed by atoms with Crippen LogP contribution in [0.1, 0.15) is 26.5 Å². The Morgan fingerprint density at radius 2 is 2.15 bits per heavy atom. The molecule has 3 heteroatoms. The number of aryl methyl sites for hydroxylation is 1. The monoisotopic (exact) mass is 182 g/mol. The Labute approximate surface area is 79.4 Å². The summed E-state index contributed by atoms with van der Waals surface area (Å²) in [5, 5.41) is 14.0. The van der Waals surface area contributed by atoms with Crippen molar-refractivity contribution in [1.82, 2.24) is 9.78 Å². The molecule has 3 nitrogen and oxygen atoms in total. The molecule has 0 fully saturated rings. The third-order valence-electron chi connectivity index (χ3n) is 2.17. The van der Waals surface area contributed by atoms with Crippen LogP contribution >= 0.6 is 0 Å². The highest BCUT2D eigenvalue weighted by Gasteiger charge is 2.22. The van der Waals surface area contributed by atoms with Crippen LogP contribution in [0.4, 0.5) is 0 Å². The fourth-order valence-corrected chi connectivity index (χ4v) is 1.08. The van der Waals surface area contributed by atoms with Gasteiger partial charge in [0.2, 0.25) is 0 Å². The summed E-state index contributed by atoms with van der Waals surface area (Å²) in [6.07, 6.45) is 2.19. The van der Waals surface area contributed by atoms with E-state index in [-0.39, 0.29) is 11.5 Å². The molecule has 0 bridgehead atoms. The molecule has 1 heterocycles. The van der Waals surface area contributed by atoms with Gasteiger partial charge in [0, 0.05) is 19.7 Å². The van der Waals surface area contributed by atoms with Crippen LogP contribution in [0.5, 0.6) is 0 Å². The van der Waals surface area contributed by atoms with Crippen molar-refractivity contribution in [2.75, 3.05) is 0 Å². The van der Waals surface area contributed by atoms with Gasteiger partial charge in [-0.15, -0.1) is 0 Å². The lowest BCUT2D eigenvalue weighted by Gasteiger charge is -2.24. The molecule has 0 amide bonds. The van der Waals surface area contributed by atoms with Crippen molar-refractivity contribution >= 4 is 0 Å². The highest BCUT2D eigenvalue weighted by molar-refractivity contribution is 5.01. The van der Waals surface area contributed by atoms with Crippen molar-refractivity contribution in [2.45, 2.75) is 33.3 Å². The Morgan fingerprint density at radius 3 is 2.54 bits per heavy atom. The average molecular weight is 182 g/mol. The summed E-state index contributed by atoms with van der Waals surface area (Å²) in [6, 6.07) is 1.94. The normalized spacial score (nSPS) is 14.5. The summed E-state index contributed by atoms with van der Waals surface area (Å²) in [7, 11) is 1.88. The minimum atomic E-state index is -0.331. The second kappa shape index (κ2) is 3.50. The lowest BCUT2D eigenvalue weighted by molar-refractivity contribution is 0.0627. The van der Waals surface area contributed by atoms with Crippen LogP contribution in [0, 0.1) is 5.41 Å². The summed E-state index contributed by atoms with van der Waals surface area (Å²) in [5.74, 6) is 0. The van der Waals surface area contributed by atoms with Gasteiger partial charge >= 0.3 is 0 Å². The maximum absolute atomic E-state index is 9.80. The summed E-state index contributed by atoms with van der Waals surface area (Å²) in [6.45, 7) is 6.09. The SMILES string of the molecule is Cn1ccc(CC(O)C(C)(C)C)n1. The van der Waals surface area contributed by atoms with E-state index in [4.69, 9.17) is 0 Å². The molecule has 1 unspecified atom stereocenters. The van der Waals surface area contributed by atoms with Crippen molar-refractivity contribution in [2.24, 2.45) is 12.5 Å². The van der Waals surface area contributed by atoms with Crippen molar-refractivity contribution in [3.63, 3.8) is 0 Å². The van der Waals surface area contributed by atoms with E-state index in [0.717, 1.165) is 5.69 Å². The zero-order valence-corrected chi connectivity index (χ0v) is 8.78. The maximum atomic E-state index is 9.80. The fourth-order valence-electron chi connectivity index (χ4n) is 1.08. The van der Waals surface area contributed by atoms with Crippen LogP contribution in [-0.4, -0.2) is 21.0 Å². The lowest BCUT2D eigenvalue weighted by atomic mass is 9.86. The van der Waals surface area contributed by atoms with Crippen LogP contribution < -0.4 is 0 Å². The van der Waals surface area contributed by atoms with Crippen molar-refractivity contribution in [3.05, 3.63) is 18.0 Å². The molecule has 0 aliphatic rings. The molecule has 0 radical (unpaired) electrons. The smallest absolute Gasteiger partial charge is 0.0650 e. The van der Waals surface area contributed by atoms with Gasteiger partial charge in [0.25, 0.3) is 0 Å². The van der Waals surface area contributed by atoms with Crippen LogP contribution in [0.15, 0.2) is 12.3 Å². The van der Waals surface area contributed by atoms with E-state index in [1.54, 1.807) is 4.68 Å². The predicted molar refractivity (Wildman–Crippen MR) is 52.4 cm³/mol. The third kappa shape index (κ3) is 2.84. The van der Waals surface area contributed by atoms with Gasteiger partial charge in [0.05, 0.1) is 11.8 Å². The van der Waals surface area contributed by atoms with E-state index >= 15 is 0 Å². The lowest BCUT2D eigenvalue weighted by Crippen LogP contribution is -2.28. The first-order valence-corrected chi connectivity index (χ1v) is 4.56. The van der Waals surface area contributed by atoms with Gasteiger partial charge in [0.15, 0.2) is 0 Å². The largest absolute Gasteiger partial charge is 0.392 e. The van der Waals surface area contributed by atoms with E-state index in [2.05, 4.69) is 5.10 Å². The van der Waals surface area contributed by atoms with Gasteiger partial charge in [0.1, 0.15) is 0 Å². The topological polar surface area (TPSA) is 38.0 Å². The highest BCUT2D eigenvalue weighted by atomic mass is 16.3. The Kier molecular flexibility index (Phi) is 2.76. The number of aliphatic hydroxyl groups is 1. The molecular formula is C10H18N2O. The molecule has 0 saturated carbocycles. The van der Waals surface area contributed by atoms with Gasteiger partial charge in [-0.1, -0.05) is 20.8 Å². The molecular weight excluding hydrogens is 164 g/mol. The molecule has 1 rings (SSSR count). The van der Waals surface area contributed by atoms with Gasteiger partial charge in [-0.25, -0.2) is 0 Å². The van der Waals surface area contributed by atoms with E-state index in [1.807, 2.05) is 40.1 Å². The zero-order chi connectivity index (χ0) is 10.1. The molecule has 1 atom stereocenters. The molecule has 13 heavy (non-hydrogen) atoms. The number of aliphatic hydroxyl groups excluding tert-OH is 1. The summed E-state index contributed by atoms with van der Waals surface area (Å²) in [4.78, 5) is 0.